The Hall–Kier alpha value is -1.06. The number of aliphatic hydroxyl groups is 1. The molecule has 0 aliphatic heterocycles. The Morgan fingerprint density at radius 2 is 2.15 bits per heavy atom. The Bertz CT molecular complexity index is 282. The van der Waals surface area contributed by atoms with Gasteiger partial charge in [0, 0.05) is 18.0 Å². The van der Waals surface area contributed by atoms with Gasteiger partial charge in [0.25, 0.3) is 0 Å². The molecule has 0 heterocycles. The standard InChI is InChI=1S/C10H15NO2/c1-7-2-3-9(10(13)4-7)8(5-11)6-12/h2-4,8,12-13H,5-6,11H2,1H3. The van der Waals surface area contributed by atoms with Gasteiger partial charge in [-0.1, -0.05) is 12.1 Å². The number of benzene rings is 1. The molecule has 0 aliphatic rings. The summed E-state index contributed by atoms with van der Waals surface area (Å²) in [7, 11) is 0. The van der Waals surface area contributed by atoms with Crippen LogP contribution in [0.1, 0.15) is 17.0 Å². The van der Waals surface area contributed by atoms with Crippen molar-refractivity contribution in [1.82, 2.24) is 0 Å². The van der Waals surface area contributed by atoms with Crippen LogP contribution in [0.15, 0.2) is 18.2 Å². The summed E-state index contributed by atoms with van der Waals surface area (Å²) in [6, 6.07) is 5.37. The van der Waals surface area contributed by atoms with Crippen molar-refractivity contribution in [3.8, 4) is 5.75 Å². The Balaban J connectivity index is 2.99. The number of phenolic OH excluding ortho intramolecular Hbond substituents is 1. The molecule has 4 N–H and O–H groups in total. The van der Waals surface area contributed by atoms with E-state index in [1.807, 2.05) is 13.0 Å². The minimum atomic E-state index is -0.166. The predicted molar refractivity (Wildman–Crippen MR) is 51.7 cm³/mol. The van der Waals surface area contributed by atoms with E-state index in [0.717, 1.165) is 11.1 Å². The average molecular weight is 181 g/mol. The molecule has 72 valence electrons. The highest BCUT2D eigenvalue weighted by atomic mass is 16.3. The first kappa shape index (κ1) is 10.0. The Morgan fingerprint density at radius 1 is 1.46 bits per heavy atom. The zero-order valence-corrected chi connectivity index (χ0v) is 7.70. The molecule has 0 bridgehead atoms. The first-order valence-corrected chi connectivity index (χ1v) is 4.29. The zero-order chi connectivity index (χ0) is 9.84. The van der Waals surface area contributed by atoms with Gasteiger partial charge in [0.2, 0.25) is 0 Å². The fraction of sp³-hybridized carbons (Fsp3) is 0.400. The molecule has 1 aromatic carbocycles. The van der Waals surface area contributed by atoms with Crippen LogP contribution in [0.25, 0.3) is 0 Å². The second kappa shape index (κ2) is 4.25. The van der Waals surface area contributed by atoms with Gasteiger partial charge < -0.3 is 15.9 Å². The fourth-order valence-corrected chi connectivity index (χ4v) is 1.30. The largest absolute Gasteiger partial charge is 0.508 e. The van der Waals surface area contributed by atoms with Gasteiger partial charge in [-0.3, -0.25) is 0 Å². The molecule has 0 saturated carbocycles. The molecule has 3 nitrogen and oxygen atoms in total. The van der Waals surface area contributed by atoms with Crippen molar-refractivity contribution in [1.29, 1.82) is 0 Å². The summed E-state index contributed by atoms with van der Waals surface area (Å²) < 4.78 is 0. The Labute approximate surface area is 77.8 Å². The van der Waals surface area contributed by atoms with Crippen LogP contribution in [0.3, 0.4) is 0 Å². The van der Waals surface area contributed by atoms with Gasteiger partial charge in [-0.05, 0) is 18.6 Å². The van der Waals surface area contributed by atoms with Gasteiger partial charge in [0.05, 0.1) is 6.61 Å². The van der Waals surface area contributed by atoms with E-state index in [1.165, 1.54) is 0 Å². The van der Waals surface area contributed by atoms with Crippen LogP contribution >= 0.6 is 0 Å². The predicted octanol–water partition coefficient (Wildman–Crippen LogP) is 0.735. The molecule has 0 radical (unpaired) electrons. The number of aromatic hydroxyl groups is 1. The highest BCUT2D eigenvalue weighted by Gasteiger charge is 2.12. The molecule has 1 unspecified atom stereocenters. The number of hydrogen-bond acceptors (Lipinski definition) is 3. The molecule has 0 fully saturated rings. The average Bonchev–Trinajstić information content (AvgIpc) is 2.10. The van der Waals surface area contributed by atoms with Crippen molar-refractivity contribution in [2.75, 3.05) is 13.2 Å². The number of nitrogens with two attached hydrogens (primary N) is 1. The smallest absolute Gasteiger partial charge is 0.119 e. The second-order valence-electron chi connectivity index (χ2n) is 3.18. The molecule has 3 heteroatoms. The lowest BCUT2D eigenvalue weighted by atomic mass is 9.98. The lowest BCUT2D eigenvalue weighted by molar-refractivity contribution is 0.265. The summed E-state index contributed by atoms with van der Waals surface area (Å²) >= 11 is 0. The Morgan fingerprint density at radius 3 is 2.62 bits per heavy atom. The lowest BCUT2D eigenvalue weighted by Crippen LogP contribution is -2.16. The van der Waals surface area contributed by atoms with E-state index < -0.39 is 0 Å². The van der Waals surface area contributed by atoms with Crippen LogP contribution in [-0.4, -0.2) is 23.4 Å². The van der Waals surface area contributed by atoms with Gasteiger partial charge in [-0.15, -0.1) is 0 Å². The summed E-state index contributed by atoms with van der Waals surface area (Å²) in [5.41, 5.74) is 7.16. The summed E-state index contributed by atoms with van der Waals surface area (Å²) in [5.74, 6) is 0.0464. The molecular weight excluding hydrogens is 166 g/mol. The number of aryl methyl sites for hydroxylation is 1. The number of aliphatic hydroxyl groups excluding tert-OH is 1. The normalized spacial score (nSPS) is 12.8. The van der Waals surface area contributed by atoms with Crippen molar-refractivity contribution in [3.05, 3.63) is 29.3 Å². The SMILES string of the molecule is Cc1ccc(C(CN)CO)c(O)c1. The highest BCUT2D eigenvalue weighted by Crippen LogP contribution is 2.25. The zero-order valence-electron chi connectivity index (χ0n) is 7.70. The quantitative estimate of drug-likeness (QED) is 0.644. The molecule has 1 aromatic rings. The number of hydrogen-bond donors (Lipinski definition) is 3. The number of phenols is 1. The maximum absolute atomic E-state index is 9.56. The van der Waals surface area contributed by atoms with Crippen molar-refractivity contribution in [2.24, 2.45) is 5.73 Å². The van der Waals surface area contributed by atoms with E-state index in [-0.39, 0.29) is 18.3 Å². The summed E-state index contributed by atoms with van der Waals surface area (Å²) in [5, 5.41) is 18.5. The molecule has 0 aliphatic carbocycles. The third-order valence-electron chi connectivity index (χ3n) is 2.13. The lowest BCUT2D eigenvalue weighted by Gasteiger charge is -2.13. The third-order valence-corrected chi connectivity index (χ3v) is 2.13. The summed E-state index contributed by atoms with van der Waals surface area (Å²) in [4.78, 5) is 0. The minimum Gasteiger partial charge on any atom is -0.508 e. The van der Waals surface area contributed by atoms with Crippen LogP contribution in [0.4, 0.5) is 0 Å². The Kier molecular flexibility index (Phi) is 3.28. The maximum atomic E-state index is 9.56. The third kappa shape index (κ3) is 2.20. The molecule has 0 saturated heterocycles. The molecule has 1 atom stereocenters. The van der Waals surface area contributed by atoms with Crippen LogP contribution in [-0.2, 0) is 0 Å². The molecule has 0 amide bonds. The van der Waals surface area contributed by atoms with Crippen molar-refractivity contribution < 1.29 is 10.2 Å². The van der Waals surface area contributed by atoms with Gasteiger partial charge >= 0.3 is 0 Å². The second-order valence-corrected chi connectivity index (χ2v) is 3.18. The van der Waals surface area contributed by atoms with Crippen LogP contribution < -0.4 is 5.73 Å². The van der Waals surface area contributed by atoms with Gasteiger partial charge in [0.15, 0.2) is 0 Å². The molecule has 0 spiro atoms. The van der Waals surface area contributed by atoms with Crippen molar-refractivity contribution >= 4 is 0 Å². The van der Waals surface area contributed by atoms with Crippen LogP contribution in [0.2, 0.25) is 0 Å². The minimum absolute atomic E-state index is 0.0346. The first-order chi connectivity index (χ1) is 6.19. The molecule has 13 heavy (non-hydrogen) atoms. The van der Waals surface area contributed by atoms with E-state index in [9.17, 15) is 5.11 Å². The van der Waals surface area contributed by atoms with E-state index >= 15 is 0 Å². The van der Waals surface area contributed by atoms with Crippen molar-refractivity contribution in [3.63, 3.8) is 0 Å². The van der Waals surface area contributed by atoms with E-state index in [1.54, 1.807) is 12.1 Å². The maximum Gasteiger partial charge on any atom is 0.119 e. The topological polar surface area (TPSA) is 66.5 Å². The van der Waals surface area contributed by atoms with Crippen molar-refractivity contribution in [2.45, 2.75) is 12.8 Å². The van der Waals surface area contributed by atoms with Gasteiger partial charge in [-0.25, -0.2) is 0 Å². The van der Waals surface area contributed by atoms with Crippen LogP contribution in [0, 0.1) is 6.92 Å². The van der Waals surface area contributed by atoms with Crippen LogP contribution in [0.5, 0.6) is 5.75 Å². The first-order valence-electron chi connectivity index (χ1n) is 4.29. The summed E-state index contributed by atoms with van der Waals surface area (Å²) in [6.45, 7) is 2.21. The number of rotatable bonds is 3. The summed E-state index contributed by atoms with van der Waals surface area (Å²) in [6.07, 6.45) is 0. The highest BCUT2D eigenvalue weighted by molar-refractivity contribution is 5.38. The monoisotopic (exact) mass is 181 g/mol. The van der Waals surface area contributed by atoms with Gasteiger partial charge in [-0.2, -0.15) is 0 Å². The molecule has 0 aromatic heterocycles. The van der Waals surface area contributed by atoms with E-state index in [0.29, 0.717) is 6.54 Å². The molecule has 1 rings (SSSR count). The molecular formula is C10H15NO2. The van der Waals surface area contributed by atoms with Gasteiger partial charge in [0.1, 0.15) is 5.75 Å². The fourth-order valence-electron chi connectivity index (χ4n) is 1.30. The van der Waals surface area contributed by atoms with E-state index in [4.69, 9.17) is 10.8 Å². The van der Waals surface area contributed by atoms with E-state index in [2.05, 4.69) is 0 Å².